The van der Waals surface area contributed by atoms with E-state index in [1.54, 1.807) is 14.2 Å². The molecule has 1 unspecified atom stereocenters. The minimum atomic E-state index is 0.468. The third-order valence-electron chi connectivity index (χ3n) is 3.00. The normalized spacial score (nSPS) is 12.4. The maximum absolute atomic E-state index is 5.14. The minimum Gasteiger partial charge on any atom is -0.497 e. The lowest BCUT2D eigenvalue weighted by atomic mass is 10.1. The lowest BCUT2D eigenvalue weighted by Crippen LogP contribution is -2.38. The highest BCUT2D eigenvalue weighted by atomic mass is 16.5. The molecule has 0 fully saturated rings. The summed E-state index contributed by atoms with van der Waals surface area (Å²) in [5, 5.41) is 6.85. The van der Waals surface area contributed by atoms with Gasteiger partial charge in [-0.15, -0.1) is 0 Å². The summed E-state index contributed by atoms with van der Waals surface area (Å²) in [4.78, 5) is 0. The number of ether oxygens (including phenoxy) is 2. The summed E-state index contributed by atoms with van der Waals surface area (Å²) in [6, 6.07) is 8.70. The molecule has 0 amide bonds. The second kappa shape index (κ2) is 9.78. The summed E-state index contributed by atoms with van der Waals surface area (Å²) in [7, 11) is 3.41. The topological polar surface area (TPSA) is 42.5 Å². The molecule has 0 aliphatic rings. The summed E-state index contributed by atoms with van der Waals surface area (Å²) in [6.45, 7) is 5.80. The second-order valence-corrected chi connectivity index (χ2v) is 4.65. The van der Waals surface area contributed by atoms with Crippen molar-refractivity contribution >= 4 is 0 Å². The lowest BCUT2D eigenvalue weighted by Gasteiger charge is -2.14. The zero-order valence-corrected chi connectivity index (χ0v) is 12.2. The molecule has 108 valence electrons. The Labute approximate surface area is 116 Å². The quantitative estimate of drug-likeness (QED) is 0.629. The Morgan fingerprint density at radius 2 is 1.84 bits per heavy atom. The van der Waals surface area contributed by atoms with Crippen molar-refractivity contribution in [1.82, 2.24) is 10.6 Å². The Balaban J connectivity index is 2.11. The summed E-state index contributed by atoms with van der Waals surface area (Å²) < 4.78 is 10.1. The molecule has 2 N–H and O–H groups in total. The second-order valence-electron chi connectivity index (χ2n) is 4.65. The molecule has 4 heteroatoms. The molecule has 0 aliphatic carbocycles. The van der Waals surface area contributed by atoms with Crippen molar-refractivity contribution in [3.8, 4) is 5.75 Å². The van der Waals surface area contributed by atoms with Gasteiger partial charge in [0, 0.05) is 26.2 Å². The van der Waals surface area contributed by atoms with Gasteiger partial charge in [-0.05, 0) is 37.6 Å². The monoisotopic (exact) mass is 266 g/mol. The highest BCUT2D eigenvalue weighted by Gasteiger charge is 2.00. The van der Waals surface area contributed by atoms with Crippen LogP contribution in [-0.4, -0.2) is 46.5 Å². The highest BCUT2D eigenvalue weighted by molar-refractivity contribution is 5.27. The predicted molar refractivity (Wildman–Crippen MR) is 78.9 cm³/mol. The number of hydrogen-bond acceptors (Lipinski definition) is 4. The van der Waals surface area contributed by atoms with Crippen LogP contribution in [0.2, 0.25) is 0 Å². The standard InChI is InChI=1S/C15H26N2O2/c1-13(12-16-10-11-18-2)17-9-8-14-4-6-15(19-3)7-5-14/h4-7,13,16-17H,8-12H2,1-3H3. The Bertz CT molecular complexity index is 327. The Morgan fingerprint density at radius 3 is 2.47 bits per heavy atom. The summed E-state index contributed by atoms with van der Waals surface area (Å²) >= 11 is 0. The first-order chi connectivity index (χ1) is 9.26. The van der Waals surface area contributed by atoms with Gasteiger partial charge in [-0.3, -0.25) is 0 Å². The van der Waals surface area contributed by atoms with Crippen LogP contribution in [0.1, 0.15) is 12.5 Å². The average molecular weight is 266 g/mol. The molecule has 19 heavy (non-hydrogen) atoms. The number of methoxy groups -OCH3 is 2. The van der Waals surface area contributed by atoms with Crippen LogP contribution in [0, 0.1) is 0 Å². The van der Waals surface area contributed by atoms with E-state index in [1.165, 1.54) is 5.56 Å². The van der Waals surface area contributed by atoms with Crippen molar-refractivity contribution in [3.63, 3.8) is 0 Å². The molecule has 0 radical (unpaired) electrons. The van der Waals surface area contributed by atoms with Gasteiger partial charge in [0.1, 0.15) is 5.75 Å². The van der Waals surface area contributed by atoms with Crippen molar-refractivity contribution < 1.29 is 9.47 Å². The van der Waals surface area contributed by atoms with E-state index < -0.39 is 0 Å². The third kappa shape index (κ3) is 7.15. The zero-order valence-electron chi connectivity index (χ0n) is 12.2. The fraction of sp³-hybridized carbons (Fsp3) is 0.600. The minimum absolute atomic E-state index is 0.468. The van der Waals surface area contributed by atoms with Crippen LogP contribution in [0.5, 0.6) is 5.75 Å². The van der Waals surface area contributed by atoms with Gasteiger partial charge >= 0.3 is 0 Å². The van der Waals surface area contributed by atoms with Crippen LogP contribution in [0.25, 0.3) is 0 Å². The van der Waals surface area contributed by atoms with Crippen molar-refractivity contribution in [3.05, 3.63) is 29.8 Å². The van der Waals surface area contributed by atoms with Crippen molar-refractivity contribution in [2.45, 2.75) is 19.4 Å². The molecule has 1 atom stereocenters. The number of nitrogens with one attached hydrogen (secondary N) is 2. The van der Waals surface area contributed by atoms with E-state index in [9.17, 15) is 0 Å². The Kier molecular flexibility index (Phi) is 8.21. The van der Waals surface area contributed by atoms with Gasteiger partial charge in [0.25, 0.3) is 0 Å². The highest BCUT2D eigenvalue weighted by Crippen LogP contribution is 2.11. The van der Waals surface area contributed by atoms with Crippen LogP contribution in [0.15, 0.2) is 24.3 Å². The molecule has 4 nitrogen and oxygen atoms in total. The van der Waals surface area contributed by atoms with Crippen LogP contribution in [-0.2, 0) is 11.2 Å². The van der Waals surface area contributed by atoms with Gasteiger partial charge in [-0.2, -0.15) is 0 Å². The predicted octanol–water partition coefficient (Wildman–Crippen LogP) is 1.45. The van der Waals surface area contributed by atoms with Gasteiger partial charge in [0.2, 0.25) is 0 Å². The Morgan fingerprint density at radius 1 is 1.11 bits per heavy atom. The van der Waals surface area contributed by atoms with Crippen LogP contribution in [0.4, 0.5) is 0 Å². The average Bonchev–Trinajstić information content (AvgIpc) is 2.44. The van der Waals surface area contributed by atoms with Crippen LogP contribution < -0.4 is 15.4 Å². The van der Waals surface area contributed by atoms with Crippen molar-refractivity contribution in [1.29, 1.82) is 0 Å². The first kappa shape index (κ1) is 16.0. The smallest absolute Gasteiger partial charge is 0.118 e. The van der Waals surface area contributed by atoms with Crippen LogP contribution >= 0.6 is 0 Å². The molecule has 0 aromatic heterocycles. The molecule has 0 aliphatic heterocycles. The van der Waals surface area contributed by atoms with Crippen molar-refractivity contribution in [2.24, 2.45) is 0 Å². The Hall–Kier alpha value is -1.10. The van der Waals surface area contributed by atoms with E-state index in [4.69, 9.17) is 9.47 Å². The van der Waals surface area contributed by atoms with E-state index in [0.29, 0.717) is 6.04 Å². The lowest BCUT2D eigenvalue weighted by molar-refractivity contribution is 0.198. The fourth-order valence-electron chi connectivity index (χ4n) is 1.82. The zero-order chi connectivity index (χ0) is 13.9. The first-order valence-electron chi connectivity index (χ1n) is 6.82. The molecular weight excluding hydrogens is 240 g/mol. The third-order valence-corrected chi connectivity index (χ3v) is 3.00. The maximum Gasteiger partial charge on any atom is 0.118 e. The summed E-state index contributed by atoms with van der Waals surface area (Å²) in [5.74, 6) is 0.910. The van der Waals surface area contributed by atoms with E-state index in [-0.39, 0.29) is 0 Å². The number of benzene rings is 1. The number of hydrogen-bond donors (Lipinski definition) is 2. The van der Waals surface area contributed by atoms with Crippen molar-refractivity contribution in [2.75, 3.05) is 40.5 Å². The molecule has 0 saturated heterocycles. The first-order valence-corrected chi connectivity index (χ1v) is 6.82. The van der Waals surface area contributed by atoms with Gasteiger partial charge < -0.3 is 20.1 Å². The van der Waals surface area contributed by atoms with E-state index in [2.05, 4.69) is 29.7 Å². The molecule has 1 rings (SSSR count). The molecular formula is C15H26N2O2. The SMILES string of the molecule is COCCNCC(C)NCCc1ccc(OC)cc1. The maximum atomic E-state index is 5.14. The molecule has 0 heterocycles. The number of rotatable bonds is 10. The molecule has 1 aromatic rings. The molecule has 1 aromatic carbocycles. The van der Waals surface area contributed by atoms with Crippen LogP contribution in [0.3, 0.4) is 0 Å². The molecule has 0 bridgehead atoms. The van der Waals surface area contributed by atoms with E-state index in [1.807, 2.05) is 12.1 Å². The van der Waals surface area contributed by atoms with Gasteiger partial charge in [-0.25, -0.2) is 0 Å². The van der Waals surface area contributed by atoms with E-state index in [0.717, 1.165) is 38.4 Å². The van der Waals surface area contributed by atoms with Gasteiger partial charge in [-0.1, -0.05) is 12.1 Å². The molecule has 0 saturated carbocycles. The van der Waals surface area contributed by atoms with Gasteiger partial charge in [0.15, 0.2) is 0 Å². The van der Waals surface area contributed by atoms with Gasteiger partial charge in [0.05, 0.1) is 13.7 Å². The largest absolute Gasteiger partial charge is 0.497 e. The summed E-state index contributed by atoms with van der Waals surface area (Å²) in [5.41, 5.74) is 1.33. The fourth-order valence-corrected chi connectivity index (χ4v) is 1.82. The van der Waals surface area contributed by atoms with E-state index >= 15 is 0 Å². The summed E-state index contributed by atoms with van der Waals surface area (Å²) in [6.07, 6.45) is 1.03. The molecule has 0 spiro atoms.